The third-order valence-electron chi connectivity index (χ3n) is 6.29. The highest BCUT2D eigenvalue weighted by atomic mass is 16.7. The predicted octanol–water partition coefficient (Wildman–Crippen LogP) is 4.40. The molecule has 2 aliphatic rings. The highest BCUT2D eigenvalue weighted by Crippen LogP contribution is 2.38. The summed E-state index contributed by atoms with van der Waals surface area (Å²) in [6, 6.07) is 21.1. The van der Waals surface area contributed by atoms with Gasteiger partial charge in [0.15, 0.2) is 11.5 Å². The zero-order valence-electron chi connectivity index (χ0n) is 19.2. The Kier molecular flexibility index (Phi) is 5.26. The molecular weight excluding hydrogens is 476 g/mol. The molecule has 0 saturated heterocycles. The Hall–Kier alpha value is -5.25. The van der Waals surface area contributed by atoms with E-state index >= 15 is 0 Å². The summed E-state index contributed by atoms with van der Waals surface area (Å²) in [4.78, 5) is 38.1. The van der Waals surface area contributed by atoms with E-state index in [9.17, 15) is 19.7 Å². The minimum atomic E-state index is -0.562. The number of fused-ring (bicyclic) bond motifs is 1. The van der Waals surface area contributed by atoms with Crippen LogP contribution in [0.25, 0.3) is 10.8 Å². The third kappa shape index (κ3) is 3.90. The molecule has 37 heavy (non-hydrogen) atoms. The maximum absolute atomic E-state index is 13.0. The molecule has 1 N–H and O–H groups in total. The van der Waals surface area contributed by atoms with E-state index in [0.29, 0.717) is 23.4 Å². The number of hydrogen-bond donors (Lipinski definition) is 1. The third-order valence-corrected chi connectivity index (χ3v) is 6.29. The zero-order chi connectivity index (χ0) is 25.5. The van der Waals surface area contributed by atoms with Gasteiger partial charge in [0.2, 0.25) is 6.79 Å². The smallest absolute Gasteiger partial charge is 0.282 e. The largest absolute Gasteiger partial charge is 0.454 e. The summed E-state index contributed by atoms with van der Waals surface area (Å²) in [6.45, 7) is 0.342. The van der Waals surface area contributed by atoms with Gasteiger partial charge in [-0.1, -0.05) is 36.4 Å². The first kappa shape index (κ1) is 22.2. The first-order chi connectivity index (χ1) is 18.0. The molecule has 0 spiro atoms. The molecule has 0 saturated carbocycles. The van der Waals surface area contributed by atoms with Crippen LogP contribution in [0, 0.1) is 10.1 Å². The Balaban J connectivity index is 1.15. The van der Waals surface area contributed by atoms with E-state index in [2.05, 4.69) is 10.5 Å². The molecule has 0 radical (unpaired) electrons. The van der Waals surface area contributed by atoms with Gasteiger partial charge in [-0.05, 0) is 41.3 Å². The highest BCUT2D eigenvalue weighted by Gasteiger charge is 2.29. The minimum absolute atomic E-state index is 0.0195. The van der Waals surface area contributed by atoms with Crippen LogP contribution in [0.4, 0.5) is 11.4 Å². The number of rotatable bonds is 6. The van der Waals surface area contributed by atoms with E-state index in [-0.39, 0.29) is 29.7 Å². The van der Waals surface area contributed by atoms with Crippen molar-refractivity contribution in [3.8, 4) is 11.5 Å². The van der Waals surface area contributed by atoms with Crippen LogP contribution in [-0.2, 0) is 6.54 Å². The summed E-state index contributed by atoms with van der Waals surface area (Å²) in [5.74, 6) is 0.107. The zero-order valence-corrected chi connectivity index (χ0v) is 19.2. The minimum Gasteiger partial charge on any atom is -0.454 e. The van der Waals surface area contributed by atoms with Crippen LogP contribution in [-0.4, -0.2) is 29.7 Å². The number of anilines is 1. The average molecular weight is 494 g/mol. The second-order valence-corrected chi connectivity index (χ2v) is 8.49. The van der Waals surface area contributed by atoms with Gasteiger partial charge in [-0.25, -0.2) is 5.43 Å². The fourth-order valence-electron chi connectivity index (χ4n) is 4.51. The number of hydrazone groups is 1. The van der Waals surface area contributed by atoms with Gasteiger partial charge >= 0.3 is 0 Å². The van der Waals surface area contributed by atoms with Crippen molar-refractivity contribution in [1.29, 1.82) is 0 Å². The first-order valence-corrected chi connectivity index (χ1v) is 11.3. The molecule has 4 aromatic carbocycles. The highest BCUT2D eigenvalue weighted by molar-refractivity contribution is 6.24. The molecule has 10 heteroatoms. The fraction of sp³-hybridized carbons (Fsp3) is 0.0741. The molecule has 2 aliphatic heterocycles. The molecule has 10 nitrogen and oxygen atoms in total. The number of nitrogens with zero attached hydrogens (tertiary/aromatic N) is 3. The van der Waals surface area contributed by atoms with Crippen LogP contribution in [0.1, 0.15) is 31.8 Å². The van der Waals surface area contributed by atoms with E-state index in [1.807, 2.05) is 36.4 Å². The van der Waals surface area contributed by atoms with Crippen LogP contribution in [0.3, 0.4) is 0 Å². The first-order valence-electron chi connectivity index (χ1n) is 11.3. The van der Waals surface area contributed by atoms with Crippen LogP contribution < -0.4 is 19.8 Å². The fourth-order valence-corrected chi connectivity index (χ4v) is 4.51. The van der Waals surface area contributed by atoms with E-state index in [1.165, 1.54) is 18.3 Å². The van der Waals surface area contributed by atoms with E-state index in [0.717, 1.165) is 22.0 Å². The van der Waals surface area contributed by atoms with Crippen molar-refractivity contribution >= 4 is 40.2 Å². The standard InChI is InChI=1S/C27H18N4O6/c32-26(29-28-13-19-11-23-24(37-15-36-23)12-22(19)31(34)35)18-9-7-16(8-10-18)14-30-21-6-2-4-17-3-1-5-20(25(17)21)27(30)33/h1-13H,14-15H2,(H,29,32)/b28-13+. The quantitative estimate of drug-likeness (QED) is 0.241. The molecule has 6 rings (SSSR count). The monoisotopic (exact) mass is 494 g/mol. The Labute approximate surface area is 209 Å². The van der Waals surface area contributed by atoms with Gasteiger partial charge in [0.05, 0.1) is 35.0 Å². The lowest BCUT2D eigenvalue weighted by atomic mass is 10.1. The number of nitro benzene ring substituents is 1. The SMILES string of the molecule is O=C(N/N=C/c1cc2c(cc1[N+](=O)[O-])OCO2)c1ccc(CN2C(=O)c3cccc4cccc2c34)cc1. The molecule has 182 valence electrons. The number of ether oxygens (including phenoxy) is 2. The summed E-state index contributed by atoms with van der Waals surface area (Å²) in [6.07, 6.45) is 1.18. The lowest BCUT2D eigenvalue weighted by Gasteiger charge is -2.18. The number of carbonyl (C=O) groups excluding carboxylic acids is 2. The topological polar surface area (TPSA) is 123 Å². The number of nitrogens with one attached hydrogen (secondary N) is 1. The van der Waals surface area contributed by atoms with Crippen LogP contribution in [0.5, 0.6) is 11.5 Å². The number of hydrogen-bond acceptors (Lipinski definition) is 7. The normalized spacial score (nSPS) is 13.5. The van der Waals surface area contributed by atoms with Crippen molar-refractivity contribution in [2.24, 2.45) is 5.10 Å². The maximum atomic E-state index is 13.0. The van der Waals surface area contributed by atoms with E-state index < -0.39 is 10.8 Å². The molecule has 0 unspecified atom stereocenters. The number of carbonyl (C=O) groups is 2. The second-order valence-electron chi connectivity index (χ2n) is 8.49. The van der Waals surface area contributed by atoms with Gasteiger partial charge in [-0.15, -0.1) is 0 Å². The Morgan fingerprint density at radius 2 is 1.78 bits per heavy atom. The van der Waals surface area contributed by atoms with Crippen LogP contribution in [0.2, 0.25) is 0 Å². The molecule has 0 aliphatic carbocycles. The van der Waals surface area contributed by atoms with Gasteiger partial charge in [0.1, 0.15) is 0 Å². The van der Waals surface area contributed by atoms with Crippen molar-refractivity contribution in [3.63, 3.8) is 0 Å². The lowest BCUT2D eigenvalue weighted by Crippen LogP contribution is -2.26. The van der Waals surface area contributed by atoms with Gasteiger partial charge in [-0.2, -0.15) is 5.10 Å². The summed E-state index contributed by atoms with van der Waals surface area (Å²) in [7, 11) is 0. The van der Waals surface area contributed by atoms with Gasteiger partial charge < -0.3 is 14.4 Å². The van der Waals surface area contributed by atoms with Crippen LogP contribution in [0.15, 0.2) is 77.9 Å². The van der Waals surface area contributed by atoms with Crippen molar-refractivity contribution < 1.29 is 24.0 Å². The molecule has 2 amide bonds. The van der Waals surface area contributed by atoms with Gasteiger partial charge in [0.25, 0.3) is 17.5 Å². The molecule has 0 aromatic heterocycles. The second kappa shape index (κ2) is 8.76. The Morgan fingerprint density at radius 3 is 2.54 bits per heavy atom. The van der Waals surface area contributed by atoms with Gasteiger partial charge in [0, 0.05) is 16.5 Å². The Bertz CT molecular complexity index is 1630. The summed E-state index contributed by atoms with van der Waals surface area (Å²) >= 11 is 0. The summed E-state index contributed by atoms with van der Waals surface area (Å²) in [5, 5.41) is 17.2. The molecule has 0 fully saturated rings. The summed E-state index contributed by atoms with van der Waals surface area (Å²) < 4.78 is 10.4. The lowest BCUT2D eigenvalue weighted by molar-refractivity contribution is -0.385. The van der Waals surface area contributed by atoms with Crippen LogP contribution >= 0.6 is 0 Å². The summed E-state index contributed by atoms with van der Waals surface area (Å²) in [5.41, 5.74) is 5.07. The van der Waals surface area contributed by atoms with E-state index in [1.54, 1.807) is 29.2 Å². The molecule has 0 bridgehead atoms. The number of benzene rings is 4. The number of amides is 2. The number of nitro groups is 1. The van der Waals surface area contributed by atoms with Gasteiger partial charge in [-0.3, -0.25) is 19.7 Å². The van der Waals surface area contributed by atoms with Crippen molar-refractivity contribution in [2.75, 3.05) is 11.7 Å². The molecular formula is C27H18N4O6. The van der Waals surface area contributed by atoms with Crippen molar-refractivity contribution in [3.05, 3.63) is 105 Å². The maximum Gasteiger partial charge on any atom is 0.282 e. The van der Waals surface area contributed by atoms with E-state index in [4.69, 9.17) is 9.47 Å². The molecule has 4 aromatic rings. The Morgan fingerprint density at radius 1 is 1.05 bits per heavy atom. The predicted molar refractivity (Wildman–Crippen MR) is 135 cm³/mol. The average Bonchev–Trinajstić information content (AvgIpc) is 3.48. The van der Waals surface area contributed by atoms with Crippen molar-refractivity contribution in [2.45, 2.75) is 6.54 Å². The van der Waals surface area contributed by atoms with Crippen molar-refractivity contribution in [1.82, 2.24) is 5.43 Å². The molecule has 2 heterocycles. The molecule has 0 atom stereocenters.